The highest BCUT2D eigenvalue weighted by molar-refractivity contribution is 14.1. The Kier molecular flexibility index (Phi) is 1.85. The van der Waals surface area contributed by atoms with Gasteiger partial charge < -0.3 is 4.74 Å². The normalized spacial score (nSPS) is 20.6. The molecule has 0 N–H and O–H groups in total. The van der Waals surface area contributed by atoms with Crippen LogP contribution in [-0.4, -0.2) is 4.11 Å². The van der Waals surface area contributed by atoms with Crippen molar-refractivity contribution >= 4 is 28.7 Å². The summed E-state index contributed by atoms with van der Waals surface area (Å²) in [6.07, 6.45) is 4.14. The first-order valence-corrected chi connectivity index (χ1v) is 4.69. The predicted molar refractivity (Wildman–Crippen MR) is 53.9 cm³/mol. The zero-order valence-corrected chi connectivity index (χ0v) is 7.99. The minimum Gasteiger partial charge on any atom is -0.475 e. The van der Waals surface area contributed by atoms with Crippen molar-refractivity contribution in [3.63, 3.8) is 0 Å². The summed E-state index contributed by atoms with van der Waals surface area (Å²) < 4.78 is 5.71. The Hall–Kier alpha value is -0.510. The molecule has 1 aliphatic rings. The average Bonchev–Trinajstić information content (AvgIpc) is 2.04. The van der Waals surface area contributed by atoms with E-state index >= 15 is 0 Å². The molecule has 0 radical (unpaired) electrons. The molecule has 1 nitrogen and oxygen atoms in total. The molecule has 0 saturated carbocycles. The topological polar surface area (TPSA) is 9.23 Å². The zero-order valence-electron chi connectivity index (χ0n) is 5.83. The van der Waals surface area contributed by atoms with E-state index in [9.17, 15) is 0 Å². The van der Waals surface area contributed by atoms with E-state index in [1.54, 1.807) is 0 Å². The van der Waals surface area contributed by atoms with Gasteiger partial charge in [0.25, 0.3) is 0 Å². The first-order valence-electron chi connectivity index (χ1n) is 3.44. The number of alkyl halides is 1. The Bertz CT molecular complexity index is 293. The molecule has 0 saturated heterocycles. The number of fused-ring (bicyclic) bond motifs is 1. The summed E-state index contributed by atoms with van der Waals surface area (Å²) in [6.45, 7) is 0. The van der Waals surface area contributed by atoms with Gasteiger partial charge >= 0.3 is 0 Å². The smallest absolute Gasteiger partial charge is 0.167 e. The van der Waals surface area contributed by atoms with Crippen molar-refractivity contribution in [2.24, 2.45) is 0 Å². The Morgan fingerprint density at radius 2 is 2.09 bits per heavy atom. The molecule has 0 aliphatic carbocycles. The fourth-order valence-corrected chi connectivity index (χ4v) is 1.55. The molecule has 0 fully saturated rings. The quantitative estimate of drug-likeness (QED) is 0.513. The van der Waals surface area contributed by atoms with Gasteiger partial charge in [-0.2, -0.15) is 0 Å². The fourth-order valence-electron chi connectivity index (χ4n) is 1.07. The maximum absolute atomic E-state index is 5.53. The summed E-state index contributed by atoms with van der Waals surface area (Å²) in [7, 11) is 0. The minimum absolute atomic E-state index is 0.183. The van der Waals surface area contributed by atoms with Crippen LogP contribution < -0.4 is 4.74 Å². The molecule has 1 atom stereocenters. The molecule has 2 heteroatoms. The molecule has 1 aromatic rings. The van der Waals surface area contributed by atoms with E-state index in [4.69, 9.17) is 4.74 Å². The monoisotopic (exact) mass is 258 g/mol. The van der Waals surface area contributed by atoms with Crippen LogP contribution in [0.25, 0.3) is 6.08 Å². The molecule has 0 spiro atoms. The van der Waals surface area contributed by atoms with Crippen LogP contribution in [0.15, 0.2) is 30.3 Å². The van der Waals surface area contributed by atoms with E-state index in [0.29, 0.717) is 0 Å². The molecule has 1 unspecified atom stereocenters. The summed E-state index contributed by atoms with van der Waals surface area (Å²) in [5, 5.41) is 0. The third-order valence-corrected chi connectivity index (χ3v) is 2.26. The van der Waals surface area contributed by atoms with Gasteiger partial charge in [-0.3, -0.25) is 0 Å². The molecule has 0 aromatic heterocycles. The van der Waals surface area contributed by atoms with Crippen LogP contribution in [0, 0.1) is 0 Å². The highest BCUT2D eigenvalue weighted by atomic mass is 127. The molecule has 0 bridgehead atoms. The lowest BCUT2D eigenvalue weighted by atomic mass is 10.1. The number of rotatable bonds is 0. The first kappa shape index (κ1) is 7.16. The second-order valence-electron chi connectivity index (χ2n) is 2.37. The number of halogens is 1. The van der Waals surface area contributed by atoms with Gasteiger partial charge in [0.05, 0.1) is 0 Å². The van der Waals surface area contributed by atoms with Gasteiger partial charge in [0.1, 0.15) is 5.75 Å². The van der Waals surface area contributed by atoms with Gasteiger partial charge in [-0.1, -0.05) is 24.3 Å². The van der Waals surface area contributed by atoms with Crippen LogP contribution in [0.1, 0.15) is 5.56 Å². The van der Waals surface area contributed by atoms with E-state index < -0.39 is 0 Å². The number of ether oxygens (including phenoxy) is 1. The lowest BCUT2D eigenvalue weighted by Crippen LogP contribution is -2.08. The van der Waals surface area contributed by atoms with Crippen LogP contribution in [0.4, 0.5) is 0 Å². The maximum Gasteiger partial charge on any atom is 0.167 e. The van der Waals surface area contributed by atoms with Crippen molar-refractivity contribution in [2.75, 3.05) is 0 Å². The number of para-hydroxylation sites is 1. The van der Waals surface area contributed by atoms with Gasteiger partial charge in [-0.05, 0) is 34.7 Å². The first-order chi connectivity index (χ1) is 5.36. The SMILES string of the molecule is IC1C=Cc2ccccc2O1. The minimum atomic E-state index is 0.183. The second-order valence-corrected chi connectivity index (χ2v) is 3.59. The van der Waals surface area contributed by atoms with E-state index in [2.05, 4.69) is 28.7 Å². The van der Waals surface area contributed by atoms with Crippen molar-refractivity contribution in [1.29, 1.82) is 0 Å². The van der Waals surface area contributed by atoms with Gasteiger partial charge in [-0.25, -0.2) is 0 Å². The van der Waals surface area contributed by atoms with Gasteiger partial charge in [-0.15, -0.1) is 0 Å². The van der Waals surface area contributed by atoms with E-state index in [0.717, 1.165) is 5.75 Å². The van der Waals surface area contributed by atoms with E-state index in [1.807, 2.05) is 30.3 Å². The molecule has 1 heterocycles. The van der Waals surface area contributed by atoms with Gasteiger partial charge in [0.15, 0.2) is 4.11 Å². The number of benzene rings is 1. The lowest BCUT2D eigenvalue weighted by molar-refractivity contribution is 0.342. The summed E-state index contributed by atoms with van der Waals surface area (Å²) in [5.74, 6) is 0.981. The molecule has 2 rings (SSSR count). The van der Waals surface area contributed by atoms with Crippen LogP contribution in [0.3, 0.4) is 0 Å². The zero-order chi connectivity index (χ0) is 7.68. The Labute approximate surface area is 79.2 Å². The van der Waals surface area contributed by atoms with Crippen LogP contribution >= 0.6 is 22.6 Å². The Morgan fingerprint density at radius 1 is 1.27 bits per heavy atom. The van der Waals surface area contributed by atoms with Crippen molar-refractivity contribution in [2.45, 2.75) is 4.11 Å². The highest BCUT2D eigenvalue weighted by Gasteiger charge is 2.09. The largest absolute Gasteiger partial charge is 0.475 e. The fraction of sp³-hybridized carbons (Fsp3) is 0.111. The molecule has 11 heavy (non-hydrogen) atoms. The molecular formula is C9H7IO. The summed E-state index contributed by atoms with van der Waals surface area (Å²) in [5.41, 5.74) is 1.17. The van der Waals surface area contributed by atoms with Crippen LogP contribution in [0.5, 0.6) is 5.75 Å². The molecule has 1 aromatic carbocycles. The standard InChI is InChI=1S/C9H7IO/c10-9-6-5-7-3-1-2-4-8(7)11-9/h1-6,9H. The second kappa shape index (κ2) is 2.85. The summed E-state index contributed by atoms with van der Waals surface area (Å²) in [6, 6.07) is 8.04. The van der Waals surface area contributed by atoms with E-state index in [-0.39, 0.29) is 4.11 Å². The molecule has 56 valence electrons. The summed E-state index contributed by atoms with van der Waals surface area (Å²) >= 11 is 2.24. The maximum atomic E-state index is 5.53. The van der Waals surface area contributed by atoms with Crippen molar-refractivity contribution in [1.82, 2.24) is 0 Å². The third kappa shape index (κ3) is 1.40. The highest BCUT2D eigenvalue weighted by Crippen LogP contribution is 2.26. The van der Waals surface area contributed by atoms with Crippen molar-refractivity contribution in [3.05, 3.63) is 35.9 Å². The van der Waals surface area contributed by atoms with E-state index in [1.165, 1.54) is 5.56 Å². The number of hydrogen-bond donors (Lipinski definition) is 0. The Morgan fingerprint density at radius 3 is 3.00 bits per heavy atom. The summed E-state index contributed by atoms with van der Waals surface area (Å²) in [4.78, 5) is 0. The molecule has 1 aliphatic heterocycles. The van der Waals surface area contributed by atoms with Gasteiger partial charge in [0, 0.05) is 5.56 Å². The molecular weight excluding hydrogens is 251 g/mol. The van der Waals surface area contributed by atoms with Gasteiger partial charge in [0.2, 0.25) is 0 Å². The number of hydrogen-bond acceptors (Lipinski definition) is 1. The lowest BCUT2D eigenvalue weighted by Gasteiger charge is -2.15. The third-order valence-electron chi connectivity index (χ3n) is 1.59. The predicted octanol–water partition coefficient (Wildman–Crippen LogP) is 2.85. The Balaban J connectivity index is 2.46. The average molecular weight is 258 g/mol. The van der Waals surface area contributed by atoms with Crippen LogP contribution in [-0.2, 0) is 0 Å². The molecule has 0 amide bonds. The van der Waals surface area contributed by atoms with Crippen molar-refractivity contribution in [3.8, 4) is 5.75 Å². The van der Waals surface area contributed by atoms with Crippen LogP contribution in [0.2, 0.25) is 0 Å². The van der Waals surface area contributed by atoms with Crippen molar-refractivity contribution < 1.29 is 4.74 Å².